The number of carbonyl (C=O) groups excluding carboxylic acids is 1. The molecule has 0 saturated carbocycles. The number of nitrogens with one attached hydrogen (secondary N) is 1. The molecule has 5 nitrogen and oxygen atoms in total. The molecule has 1 amide bonds. The molecule has 116 valence electrons. The van der Waals surface area contributed by atoms with Crippen LogP contribution in [0.4, 0.5) is 0 Å². The lowest BCUT2D eigenvalue weighted by atomic mass is 10.1. The van der Waals surface area contributed by atoms with Gasteiger partial charge in [0.1, 0.15) is 12.4 Å². The average Bonchev–Trinajstić information content (AvgIpc) is 2.49. The molecule has 0 bridgehead atoms. The number of rotatable bonds is 5. The maximum Gasteiger partial charge on any atom is 0.265 e. The Morgan fingerprint density at radius 3 is 2.33 bits per heavy atom. The van der Waals surface area contributed by atoms with Crippen molar-refractivity contribution in [1.82, 2.24) is 10.3 Å². The van der Waals surface area contributed by atoms with Crippen molar-refractivity contribution >= 4 is 5.91 Å². The second-order valence-electron chi connectivity index (χ2n) is 5.46. The Morgan fingerprint density at radius 1 is 1.10 bits per heavy atom. The van der Waals surface area contributed by atoms with E-state index >= 15 is 0 Å². The van der Waals surface area contributed by atoms with Gasteiger partial charge in [0.15, 0.2) is 0 Å². The van der Waals surface area contributed by atoms with Crippen molar-refractivity contribution in [2.24, 2.45) is 5.84 Å². The van der Waals surface area contributed by atoms with Crippen LogP contribution in [-0.4, -0.2) is 37.0 Å². The Hall–Kier alpha value is -1.59. The van der Waals surface area contributed by atoms with Crippen molar-refractivity contribution in [3.8, 4) is 5.75 Å². The summed E-state index contributed by atoms with van der Waals surface area (Å²) in [6, 6.07) is 7.04. The van der Waals surface area contributed by atoms with Crippen LogP contribution in [-0.2, 0) is 0 Å². The van der Waals surface area contributed by atoms with E-state index in [2.05, 4.69) is 10.3 Å². The second kappa shape index (κ2) is 8.64. The molecule has 0 radical (unpaired) electrons. The summed E-state index contributed by atoms with van der Waals surface area (Å²) in [5, 5.41) is 0. The molecular formula is C16H25N3O2. The van der Waals surface area contributed by atoms with Crippen LogP contribution in [0.15, 0.2) is 24.3 Å². The van der Waals surface area contributed by atoms with E-state index in [-0.39, 0.29) is 5.91 Å². The van der Waals surface area contributed by atoms with Gasteiger partial charge in [0.25, 0.3) is 5.91 Å². The van der Waals surface area contributed by atoms with Crippen LogP contribution in [0.2, 0.25) is 0 Å². The molecule has 1 aromatic carbocycles. The molecule has 1 fully saturated rings. The van der Waals surface area contributed by atoms with E-state index in [0.717, 1.165) is 12.3 Å². The highest BCUT2D eigenvalue weighted by Gasteiger charge is 2.08. The van der Waals surface area contributed by atoms with Gasteiger partial charge in [0, 0.05) is 12.1 Å². The summed E-state index contributed by atoms with van der Waals surface area (Å²) >= 11 is 0. The van der Waals surface area contributed by atoms with Crippen LogP contribution < -0.4 is 16.0 Å². The van der Waals surface area contributed by atoms with Crippen LogP contribution in [0, 0.1) is 0 Å². The van der Waals surface area contributed by atoms with Gasteiger partial charge in [-0.15, -0.1) is 0 Å². The number of hydrazine groups is 1. The van der Waals surface area contributed by atoms with Crippen LogP contribution in [0.5, 0.6) is 5.75 Å². The zero-order valence-electron chi connectivity index (χ0n) is 12.5. The third kappa shape index (κ3) is 5.36. The third-order valence-corrected chi connectivity index (χ3v) is 3.87. The van der Waals surface area contributed by atoms with Gasteiger partial charge in [-0.1, -0.05) is 19.3 Å². The zero-order chi connectivity index (χ0) is 14.9. The first kappa shape index (κ1) is 15.8. The van der Waals surface area contributed by atoms with Crippen LogP contribution in [0.25, 0.3) is 0 Å². The van der Waals surface area contributed by atoms with Crippen LogP contribution in [0.1, 0.15) is 42.5 Å². The van der Waals surface area contributed by atoms with Gasteiger partial charge in [-0.05, 0) is 50.2 Å². The first-order valence-electron chi connectivity index (χ1n) is 7.76. The topological polar surface area (TPSA) is 67.6 Å². The standard InChI is InChI=1S/C16H25N3O2/c17-18-16(20)14-6-8-15(9-7-14)21-13-12-19-10-4-2-1-3-5-11-19/h6-9H,1-5,10-13,17H2,(H,18,20). The van der Waals surface area contributed by atoms with Crippen molar-refractivity contribution in [3.05, 3.63) is 29.8 Å². The normalized spacial score (nSPS) is 16.8. The molecule has 21 heavy (non-hydrogen) atoms. The summed E-state index contributed by atoms with van der Waals surface area (Å²) in [5.41, 5.74) is 2.65. The van der Waals surface area contributed by atoms with Gasteiger partial charge in [0.05, 0.1) is 0 Å². The molecule has 1 saturated heterocycles. The molecule has 0 atom stereocenters. The Bertz CT molecular complexity index is 426. The minimum absolute atomic E-state index is 0.290. The molecule has 0 spiro atoms. The average molecular weight is 291 g/mol. The summed E-state index contributed by atoms with van der Waals surface area (Å²) in [5.74, 6) is 5.59. The van der Waals surface area contributed by atoms with Gasteiger partial charge >= 0.3 is 0 Å². The molecular weight excluding hydrogens is 266 g/mol. The van der Waals surface area contributed by atoms with Gasteiger partial charge in [-0.3, -0.25) is 15.1 Å². The Balaban J connectivity index is 1.73. The summed E-state index contributed by atoms with van der Waals surface area (Å²) < 4.78 is 5.74. The molecule has 1 aliphatic rings. The fourth-order valence-electron chi connectivity index (χ4n) is 2.62. The number of nitrogen functional groups attached to an aromatic ring is 1. The van der Waals surface area contributed by atoms with Crippen LogP contribution >= 0.6 is 0 Å². The van der Waals surface area contributed by atoms with Crippen LogP contribution in [0.3, 0.4) is 0 Å². The van der Waals surface area contributed by atoms with E-state index < -0.39 is 0 Å². The number of carbonyl (C=O) groups is 1. The fraction of sp³-hybridized carbons (Fsp3) is 0.562. The molecule has 3 N–H and O–H groups in total. The third-order valence-electron chi connectivity index (χ3n) is 3.87. The van der Waals surface area contributed by atoms with Crippen molar-refractivity contribution in [2.75, 3.05) is 26.2 Å². The monoisotopic (exact) mass is 291 g/mol. The molecule has 2 rings (SSSR count). The number of amides is 1. The van der Waals surface area contributed by atoms with Crippen molar-refractivity contribution in [3.63, 3.8) is 0 Å². The number of hydrogen-bond donors (Lipinski definition) is 2. The predicted octanol–water partition coefficient (Wildman–Crippen LogP) is 1.93. The fourth-order valence-corrected chi connectivity index (χ4v) is 2.62. The summed E-state index contributed by atoms with van der Waals surface area (Å²) in [7, 11) is 0. The largest absolute Gasteiger partial charge is 0.492 e. The molecule has 0 aliphatic carbocycles. The van der Waals surface area contributed by atoms with E-state index in [1.165, 1.54) is 45.2 Å². The summed E-state index contributed by atoms with van der Waals surface area (Å²) in [6.07, 6.45) is 6.67. The van der Waals surface area contributed by atoms with E-state index in [1.807, 2.05) is 0 Å². The van der Waals surface area contributed by atoms with Gasteiger partial charge in [-0.2, -0.15) is 0 Å². The minimum Gasteiger partial charge on any atom is -0.492 e. The van der Waals surface area contributed by atoms with Crippen molar-refractivity contribution in [1.29, 1.82) is 0 Å². The Kier molecular flexibility index (Phi) is 6.50. The van der Waals surface area contributed by atoms with E-state index in [1.54, 1.807) is 24.3 Å². The number of nitrogens with zero attached hydrogens (tertiary/aromatic N) is 1. The lowest BCUT2D eigenvalue weighted by molar-refractivity contribution is 0.0953. The molecule has 1 aromatic rings. The quantitative estimate of drug-likeness (QED) is 0.494. The highest BCUT2D eigenvalue weighted by Crippen LogP contribution is 2.13. The number of likely N-dealkylation sites (tertiary alicyclic amines) is 1. The van der Waals surface area contributed by atoms with E-state index in [9.17, 15) is 4.79 Å². The number of hydrogen-bond acceptors (Lipinski definition) is 4. The van der Waals surface area contributed by atoms with E-state index in [0.29, 0.717) is 12.2 Å². The minimum atomic E-state index is -0.290. The maximum atomic E-state index is 11.3. The molecule has 0 aromatic heterocycles. The Labute approximate surface area is 126 Å². The number of benzene rings is 1. The zero-order valence-corrected chi connectivity index (χ0v) is 12.5. The molecule has 1 aliphatic heterocycles. The van der Waals surface area contributed by atoms with Crippen molar-refractivity contribution in [2.45, 2.75) is 32.1 Å². The Morgan fingerprint density at radius 2 is 1.71 bits per heavy atom. The van der Waals surface area contributed by atoms with Gasteiger partial charge in [-0.25, -0.2) is 5.84 Å². The lowest BCUT2D eigenvalue weighted by Gasteiger charge is -2.24. The second-order valence-corrected chi connectivity index (χ2v) is 5.46. The summed E-state index contributed by atoms with van der Waals surface area (Å²) in [4.78, 5) is 13.8. The van der Waals surface area contributed by atoms with Gasteiger partial charge in [0.2, 0.25) is 0 Å². The number of nitrogens with two attached hydrogens (primary N) is 1. The highest BCUT2D eigenvalue weighted by molar-refractivity contribution is 5.93. The SMILES string of the molecule is NNC(=O)c1ccc(OCCN2CCCCCCC2)cc1. The maximum absolute atomic E-state index is 11.3. The van der Waals surface area contributed by atoms with Crippen molar-refractivity contribution < 1.29 is 9.53 Å². The smallest absolute Gasteiger partial charge is 0.265 e. The lowest BCUT2D eigenvalue weighted by Crippen LogP contribution is -2.31. The summed E-state index contributed by atoms with van der Waals surface area (Å²) in [6.45, 7) is 4.01. The number of ether oxygens (including phenoxy) is 1. The first-order chi connectivity index (χ1) is 10.3. The predicted molar refractivity (Wildman–Crippen MR) is 83.1 cm³/mol. The molecule has 0 unspecified atom stereocenters. The highest BCUT2D eigenvalue weighted by atomic mass is 16.5. The molecule has 1 heterocycles. The molecule has 5 heteroatoms. The van der Waals surface area contributed by atoms with Gasteiger partial charge < -0.3 is 4.74 Å². The first-order valence-corrected chi connectivity index (χ1v) is 7.76. The van der Waals surface area contributed by atoms with E-state index in [4.69, 9.17) is 10.6 Å².